The number of hydrogen-bond acceptors (Lipinski definition) is 7. The summed E-state index contributed by atoms with van der Waals surface area (Å²) in [7, 11) is -3.76. The summed E-state index contributed by atoms with van der Waals surface area (Å²) in [6.45, 7) is 5.62. The van der Waals surface area contributed by atoms with Crippen molar-refractivity contribution < 1.29 is 22.8 Å². The predicted octanol–water partition coefficient (Wildman–Crippen LogP) is 4.24. The number of carbonyl (C=O) groups is 3. The van der Waals surface area contributed by atoms with Crippen LogP contribution >= 0.6 is 15.9 Å². The maximum Gasteiger partial charge on any atom is 0.287 e. The third-order valence-corrected chi connectivity index (χ3v) is 11.3. The Balaban J connectivity index is 1.45. The summed E-state index contributed by atoms with van der Waals surface area (Å²) < 4.78 is 30.6. The monoisotopic (exact) mass is 632 g/mol. The number of anilines is 1. The van der Waals surface area contributed by atoms with Gasteiger partial charge in [0, 0.05) is 35.5 Å². The van der Waals surface area contributed by atoms with E-state index in [-0.39, 0.29) is 42.1 Å². The molecule has 1 aromatic carbocycles. The van der Waals surface area contributed by atoms with Gasteiger partial charge >= 0.3 is 0 Å². The molecular formula is C29H37BrN4O5S. The van der Waals surface area contributed by atoms with Crippen LogP contribution in [0.5, 0.6) is 0 Å². The summed E-state index contributed by atoms with van der Waals surface area (Å²) in [6, 6.07) is 6.57. The van der Waals surface area contributed by atoms with Crippen LogP contribution in [0.25, 0.3) is 0 Å². The number of carbonyl (C=O) groups excluding carboxylic acids is 3. The second-order valence-corrected chi connectivity index (χ2v) is 14.7. The lowest BCUT2D eigenvalue weighted by Crippen LogP contribution is -2.41. The number of rotatable bonds is 11. The number of Topliss-reactive ketones (excluding diaryl/α,β-unsaturated/α-hetero) is 2. The minimum absolute atomic E-state index is 0.0537. The first-order valence-electron chi connectivity index (χ1n) is 14.2. The van der Waals surface area contributed by atoms with Crippen molar-refractivity contribution in [3.8, 4) is 0 Å². The zero-order valence-electron chi connectivity index (χ0n) is 23.2. The molecule has 3 aliphatic rings. The van der Waals surface area contributed by atoms with Crippen LogP contribution < -0.4 is 10.2 Å². The van der Waals surface area contributed by atoms with Crippen molar-refractivity contribution in [2.75, 3.05) is 11.4 Å². The van der Waals surface area contributed by atoms with Gasteiger partial charge in [0.25, 0.3) is 5.91 Å². The Morgan fingerprint density at radius 2 is 1.85 bits per heavy atom. The molecule has 2 aromatic rings. The lowest BCUT2D eigenvalue weighted by molar-refractivity contribution is -0.141. The average molecular weight is 634 g/mol. The molecule has 2 saturated carbocycles. The molecule has 1 aromatic heterocycles. The van der Waals surface area contributed by atoms with Gasteiger partial charge in [-0.1, -0.05) is 22.9 Å². The van der Waals surface area contributed by atoms with Gasteiger partial charge in [0.2, 0.25) is 5.78 Å². The smallest absolute Gasteiger partial charge is 0.287 e. The second-order valence-electron chi connectivity index (χ2n) is 11.5. The van der Waals surface area contributed by atoms with Crippen LogP contribution in [-0.2, 0) is 24.2 Å². The van der Waals surface area contributed by atoms with Crippen LogP contribution in [0.4, 0.5) is 5.82 Å². The first kappa shape index (κ1) is 29.0. The fraction of sp³-hybridized carbons (Fsp3) is 0.586. The molecule has 3 atom stereocenters. The van der Waals surface area contributed by atoms with Crippen LogP contribution in [0.2, 0.25) is 0 Å². The molecule has 1 aliphatic heterocycles. The number of aryl methyl sites for hydroxylation is 2. The molecule has 1 amide bonds. The Kier molecular flexibility index (Phi) is 8.25. The zero-order chi connectivity index (χ0) is 28.8. The quantitative estimate of drug-likeness (QED) is 0.368. The zero-order valence-corrected chi connectivity index (χ0v) is 25.6. The topological polar surface area (TPSA) is 118 Å². The summed E-state index contributed by atoms with van der Waals surface area (Å²) in [6.07, 6.45) is 5.19. The van der Waals surface area contributed by atoms with Crippen molar-refractivity contribution in [2.24, 2.45) is 5.92 Å². The predicted molar refractivity (Wildman–Crippen MR) is 155 cm³/mol. The Morgan fingerprint density at radius 3 is 2.45 bits per heavy atom. The summed E-state index contributed by atoms with van der Waals surface area (Å²) in [4.78, 5) is 41.4. The van der Waals surface area contributed by atoms with Crippen molar-refractivity contribution in [1.29, 1.82) is 0 Å². The van der Waals surface area contributed by atoms with Gasteiger partial charge in [0.1, 0.15) is 5.82 Å². The minimum atomic E-state index is -3.76. The van der Waals surface area contributed by atoms with Gasteiger partial charge in [-0.25, -0.2) is 13.1 Å². The molecular weight excluding hydrogens is 596 g/mol. The van der Waals surface area contributed by atoms with E-state index in [0.29, 0.717) is 12.0 Å². The van der Waals surface area contributed by atoms with E-state index in [1.165, 1.54) is 0 Å². The number of aromatic nitrogens is 2. The van der Waals surface area contributed by atoms with E-state index in [2.05, 4.69) is 21.2 Å². The summed E-state index contributed by atoms with van der Waals surface area (Å²) >= 11 is 3.41. The molecule has 2 heterocycles. The molecule has 11 heteroatoms. The lowest BCUT2D eigenvalue weighted by Gasteiger charge is -2.32. The molecule has 5 rings (SSSR count). The first-order chi connectivity index (χ1) is 19.0. The average Bonchev–Trinajstić information content (AvgIpc) is 3.42. The summed E-state index contributed by atoms with van der Waals surface area (Å²) in [5.41, 5.74) is 1.45. The molecule has 0 bridgehead atoms. The normalized spacial score (nSPS) is 22.1. The van der Waals surface area contributed by atoms with E-state index < -0.39 is 38.7 Å². The standard InChI is InChI=1S/C29H37BrN4O5S/c1-4-19(28(36)29(37)31-21-9-10-21)14-25(35)24-15-23(40(38,39)26-11-8-20(30)12-17(26)2)16-33(24)27-13-18(3)32-34(27)22-6-5-7-22/h8,11-13,19,21-24H,4-7,9-10,14-16H2,1-3H3,(H,31,37)/t19-,23-,24+/m1/s1. The van der Waals surface area contributed by atoms with Crippen molar-refractivity contribution in [3.05, 3.63) is 40.0 Å². The van der Waals surface area contributed by atoms with Gasteiger partial charge in [0.15, 0.2) is 15.6 Å². The van der Waals surface area contributed by atoms with E-state index in [1.807, 2.05) is 22.6 Å². The number of nitrogens with one attached hydrogen (secondary N) is 1. The van der Waals surface area contributed by atoms with Crippen molar-refractivity contribution in [3.63, 3.8) is 0 Å². The molecule has 0 spiro atoms. The Morgan fingerprint density at radius 1 is 1.12 bits per heavy atom. The van der Waals surface area contributed by atoms with Crippen LogP contribution in [-0.4, -0.2) is 59.6 Å². The summed E-state index contributed by atoms with van der Waals surface area (Å²) in [5.74, 6) is -1.41. The van der Waals surface area contributed by atoms with Gasteiger partial charge in [0.05, 0.1) is 27.9 Å². The lowest BCUT2D eigenvalue weighted by atomic mass is 9.91. The molecule has 0 unspecified atom stereocenters. The van der Waals surface area contributed by atoms with Crippen LogP contribution in [0.1, 0.15) is 75.6 Å². The Hall–Kier alpha value is -2.53. The van der Waals surface area contributed by atoms with Crippen molar-refractivity contribution >= 4 is 49.1 Å². The van der Waals surface area contributed by atoms with Crippen LogP contribution in [0.3, 0.4) is 0 Å². The third-order valence-electron chi connectivity index (χ3n) is 8.52. The third kappa shape index (κ3) is 5.77. The highest BCUT2D eigenvalue weighted by Gasteiger charge is 2.46. The number of benzene rings is 1. The highest BCUT2D eigenvalue weighted by molar-refractivity contribution is 9.10. The van der Waals surface area contributed by atoms with Gasteiger partial charge in [-0.3, -0.25) is 14.4 Å². The molecule has 0 radical (unpaired) electrons. The minimum Gasteiger partial charge on any atom is -0.347 e. The fourth-order valence-corrected chi connectivity index (χ4v) is 8.17. The van der Waals surface area contributed by atoms with E-state index >= 15 is 0 Å². The molecule has 1 saturated heterocycles. The number of sulfone groups is 1. The number of nitrogens with zero attached hydrogens (tertiary/aromatic N) is 3. The molecule has 2 aliphatic carbocycles. The molecule has 40 heavy (non-hydrogen) atoms. The molecule has 216 valence electrons. The maximum absolute atomic E-state index is 13.9. The highest BCUT2D eigenvalue weighted by Crippen LogP contribution is 2.39. The largest absolute Gasteiger partial charge is 0.347 e. The highest BCUT2D eigenvalue weighted by atomic mass is 79.9. The van der Waals surface area contributed by atoms with Gasteiger partial charge in [-0.15, -0.1) is 0 Å². The van der Waals surface area contributed by atoms with Crippen LogP contribution in [0, 0.1) is 19.8 Å². The van der Waals surface area contributed by atoms with E-state index in [9.17, 15) is 22.8 Å². The Labute approximate surface area is 244 Å². The summed E-state index contributed by atoms with van der Waals surface area (Å²) in [5, 5.41) is 6.63. The first-order valence-corrected chi connectivity index (χ1v) is 16.5. The van der Waals surface area contributed by atoms with Gasteiger partial charge in [-0.05, 0) is 82.6 Å². The second kappa shape index (κ2) is 11.4. The number of halogens is 1. The fourth-order valence-electron chi connectivity index (χ4n) is 5.78. The van der Waals surface area contributed by atoms with E-state index in [0.717, 1.165) is 48.1 Å². The molecule has 1 N–H and O–H groups in total. The van der Waals surface area contributed by atoms with Gasteiger partial charge in [-0.2, -0.15) is 5.10 Å². The van der Waals surface area contributed by atoms with Crippen molar-refractivity contribution in [2.45, 2.75) is 100 Å². The maximum atomic E-state index is 13.9. The van der Waals surface area contributed by atoms with E-state index in [1.54, 1.807) is 32.0 Å². The van der Waals surface area contributed by atoms with Crippen LogP contribution in [0.15, 0.2) is 33.6 Å². The number of ketones is 2. The van der Waals surface area contributed by atoms with E-state index in [4.69, 9.17) is 5.10 Å². The molecule has 9 nitrogen and oxygen atoms in total. The SMILES string of the molecule is CC[C@H](CC(=O)[C@@H]1C[C@@H](S(=O)(=O)c2ccc(Br)cc2C)CN1c1cc(C)nn1C1CCC1)C(=O)C(=O)NC1CC1. The Bertz CT molecular complexity index is 1430. The van der Waals surface area contributed by atoms with Crippen molar-refractivity contribution in [1.82, 2.24) is 15.1 Å². The molecule has 3 fully saturated rings. The van der Waals surface area contributed by atoms with Gasteiger partial charge < -0.3 is 10.2 Å². The number of amides is 1. The number of hydrogen-bond donors (Lipinski definition) is 1.